The SMILES string of the molecule is C[C@H](C(=O)Nc1ccccc1[N+](=O)[O-])[NH+]1CCCCCCC1. The number of hydrogen-bond donors (Lipinski definition) is 2. The average Bonchev–Trinajstić information content (AvgIpc) is 2.46. The molecule has 120 valence electrons. The molecule has 0 bridgehead atoms. The van der Waals surface area contributed by atoms with Crippen molar-refractivity contribution in [1.82, 2.24) is 0 Å². The number of quaternary nitrogens is 1. The van der Waals surface area contributed by atoms with Gasteiger partial charge in [0.1, 0.15) is 5.69 Å². The molecule has 1 amide bonds. The second-order valence-corrected chi connectivity index (χ2v) is 5.91. The highest BCUT2D eigenvalue weighted by Crippen LogP contribution is 2.23. The fourth-order valence-corrected chi connectivity index (χ4v) is 2.96. The van der Waals surface area contributed by atoms with Crippen molar-refractivity contribution in [2.24, 2.45) is 0 Å². The quantitative estimate of drug-likeness (QED) is 0.657. The summed E-state index contributed by atoms with van der Waals surface area (Å²) in [6.45, 7) is 3.89. The van der Waals surface area contributed by atoms with E-state index in [-0.39, 0.29) is 23.3 Å². The molecule has 1 fully saturated rings. The number of nitro groups is 1. The number of para-hydroxylation sites is 2. The molecule has 1 saturated heterocycles. The van der Waals surface area contributed by atoms with Crippen LogP contribution in [0.25, 0.3) is 0 Å². The number of amides is 1. The lowest BCUT2D eigenvalue weighted by Gasteiger charge is -2.26. The van der Waals surface area contributed by atoms with Gasteiger partial charge < -0.3 is 10.2 Å². The molecule has 2 N–H and O–H groups in total. The maximum atomic E-state index is 12.4. The summed E-state index contributed by atoms with van der Waals surface area (Å²) in [7, 11) is 0. The van der Waals surface area contributed by atoms with E-state index in [0.29, 0.717) is 0 Å². The van der Waals surface area contributed by atoms with Crippen molar-refractivity contribution in [1.29, 1.82) is 0 Å². The van der Waals surface area contributed by atoms with Gasteiger partial charge in [0.25, 0.3) is 11.6 Å². The average molecular weight is 306 g/mol. The van der Waals surface area contributed by atoms with Crippen LogP contribution in [0, 0.1) is 10.1 Å². The zero-order chi connectivity index (χ0) is 15.9. The van der Waals surface area contributed by atoms with Gasteiger partial charge >= 0.3 is 0 Å². The Morgan fingerprint density at radius 1 is 1.18 bits per heavy atom. The number of nitrogens with one attached hydrogen (secondary N) is 2. The summed E-state index contributed by atoms with van der Waals surface area (Å²) >= 11 is 0. The van der Waals surface area contributed by atoms with Gasteiger partial charge in [-0.05, 0) is 38.7 Å². The molecule has 1 aromatic rings. The van der Waals surface area contributed by atoms with Crippen molar-refractivity contribution in [3.05, 3.63) is 34.4 Å². The lowest BCUT2D eigenvalue weighted by Crippen LogP contribution is -3.16. The zero-order valence-electron chi connectivity index (χ0n) is 13.0. The Balaban J connectivity index is 2.03. The van der Waals surface area contributed by atoms with Gasteiger partial charge in [0.15, 0.2) is 6.04 Å². The molecule has 1 aliphatic rings. The summed E-state index contributed by atoms with van der Waals surface area (Å²) in [5.41, 5.74) is 0.210. The Bertz CT molecular complexity index is 525. The molecule has 0 radical (unpaired) electrons. The van der Waals surface area contributed by atoms with Crippen LogP contribution >= 0.6 is 0 Å². The van der Waals surface area contributed by atoms with Gasteiger partial charge in [0, 0.05) is 6.07 Å². The predicted octanol–water partition coefficient (Wildman–Crippen LogP) is 1.77. The van der Waals surface area contributed by atoms with Gasteiger partial charge in [0.2, 0.25) is 0 Å². The number of likely N-dealkylation sites (tertiary alicyclic amines) is 1. The van der Waals surface area contributed by atoms with Gasteiger partial charge in [-0.2, -0.15) is 0 Å². The molecule has 6 heteroatoms. The fourth-order valence-electron chi connectivity index (χ4n) is 2.96. The minimum Gasteiger partial charge on any atom is -0.325 e. The maximum absolute atomic E-state index is 12.4. The van der Waals surface area contributed by atoms with Gasteiger partial charge in [0.05, 0.1) is 18.0 Å². The summed E-state index contributed by atoms with van der Waals surface area (Å²) in [5.74, 6) is -0.148. The largest absolute Gasteiger partial charge is 0.325 e. The highest BCUT2D eigenvalue weighted by atomic mass is 16.6. The third-order valence-electron chi connectivity index (χ3n) is 4.36. The van der Waals surface area contributed by atoms with E-state index in [9.17, 15) is 14.9 Å². The van der Waals surface area contributed by atoms with E-state index >= 15 is 0 Å². The number of nitro benzene ring substituents is 1. The van der Waals surface area contributed by atoms with E-state index in [0.717, 1.165) is 25.9 Å². The monoisotopic (exact) mass is 306 g/mol. The lowest BCUT2D eigenvalue weighted by molar-refractivity contribution is -0.914. The van der Waals surface area contributed by atoms with Crippen LogP contribution in [-0.2, 0) is 4.79 Å². The molecule has 0 aliphatic carbocycles. The number of benzene rings is 1. The van der Waals surface area contributed by atoms with Crippen LogP contribution in [0.4, 0.5) is 11.4 Å². The summed E-state index contributed by atoms with van der Waals surface area (Å²) in [6.07, 6.45) is 6.00. The normalized spacial score (nSPS) is 18.0. The van der Waals surface area contributed by atoms with Crippen molar-refractivity contribution < 1.29 is 14.6 Å². The van der Waals surface area contributed by atoms with Gasteiger partial charge in [-0.25, -0.2) is 0 Å². The Hall–Kier alpha value is -1.95. The zero-order valence-corrected chi connectivity index (χ0v) is 13.0. The summed E-state index contributed by atoms with van der Waals surface area (Å²) in [6, 6.07) is 6.07. The van der Waals surface area contributed by atoms with Crippen LogP contribution in [0.1, 0.15) is 39.0 Å². The van der Waals surface area contributed by atoms with Crippen LogP contribution in [0.15, 0.2) is 24.3 Å². The molecule has 0 unspecified atom stereocenters. The molecular formula is C16H24N3O3+. The molecule has 1 atom stereocenters. The maximum Gasteiger partial charge on any atom is 0.292 e. The topological polar surface area (TPSA) is 76.7 Å². The second-order valence-electron chi connectivity index (χ2n) is 5.91. The Morgan fingerprint density at radius 2 is 1.77 bits per heavy atom. The summed E-state index contributed by atoms with van der Waals surface area (Å²) < 4.78 is 0. The standard InChI is InChI=1S/C16H23N3O3/c1-13(18-11-7-3-2-4-8-12-18)16(20)17-14-9-5-6-10-15(14)19(21)22/h5-6,9-10,13H,2-4,7-8,11-12H2,1H3,(H,17,20)/p+1/t13-/m1/s1. The Labute approximate surface area is 130 Å². The molecule has 0 saturated carbocycles. The molecular weight excluding hydrogens is 282 g/mol. The Kier molecular flexibility index (Phi) is 5.89. The molecule has 1 aliphatic heterocycles. The smallest absolute Gasteiger partial charge is 0.292 e. The number of hydrogen-bond acceptors (Lipinski definition) is 3. The van der Waals surface area contributed by atoms with E-state index in [1.54, 1.807) is 18.2 Å². The molecule has 22 heavy (non-hydrogen) atoms. The van der Waals surface area contributed by atoms with Crippen molar-refractivity contribution in [2.75, 3.05) is 18.4 Å². The van der Waals surface area contributed by atoms with Crippen molar-refractivity contribution >= 4 is 17.3 Å². The number of nitrogens with zero attached hydrogens (tertiary/aromatic N) is 1. The van der Waals surface area contributed by atoms with Crippen molar-refractivity contribution in [3.63, 3.8) is 0 Å². The number of carbonyl (C=O) groups excluding carboxylic acids is 1. The highest BCUT2D eigenvalue weighted by molar-refractivity contribution is 5.95. The van der Waals surface area contributed by atoms with Crippen LogP contribution in [0.2, 0.25) is 0 Å². The molecule has 0 aromatic heterocycles. The molecule has 1 aromatic carbocycles. The van der Waals surface area contributed by atoms with Gasteiger partial charge in [-0.15, -0.1) is 0 Å². The number of anilines is 1. The summed E-state index contributed by atoms with van der Waals surface area (Å²) in [4.78, 5) is 24.2. The minimum atomic E-state index is -0.469. The molecule has 1 heterocycles. The van der Waals surface area contributed by atoms with E-state index in [2.05, 4.69) is 5.32 Å². The fraction of sp³-hybridized carbons (Fsp3) is 0.562. The third-order valence-corrected chi connectivity index (χ3v) is 4.36. The predicted molar refractivity (Wildman–Crippen MR) is 85.0 cm³/mol. The van der Waals surface area contributed by atoms with Crippen LogP contribution in [-0.4, -0.2) is 30.0 Å². The van der Waals surface area contributed by atoms with Crippen LogP contribution < -0.4 is 10.2 Å². The first-order valence-corrected chi connectivity index (χ1v) is 7.98. The van der Waals surface area contributed by atoms with Gasteiger partial charge in [-0.1, -0.05) is 18.6 Å². The van der Waals surface area contributed by atoms with E-state index in [1.807, 2.05) is 6.92 Å². The summed E-state index contributed by atoms with van der Waals surface area (Å²) in [5, 5.41) is 13.7. The number of rotatable bonds is 4. The Morgan fingerprint density at radius 3 is 2.41 bits per heavy atom. The second kappa shape index (κ2) is 7.89. The van der Waals surface area contributed by atoms with E-state index in [4.69, 9.17) is 0 Å². The van der Waals surface area contributed by atoms with Crippen LogP contribution in [0.3, 0.4) is 0 Å². The third kappa shape index (κ3) is 4.27. The molecule has 6 nitrogen and oxygen atoms in total. The first-order valence-electron chi connectivity index (χ1n) is 7.98. The highest BCUT2D eigenvalue weighted by Gasteiger charge is 2.27. The minimum absolute atomic E-state index is 0.0642. The van der Waals surface area contributed by atoms with Crippen LogP contribution in [0.5, 0.6) is 0 Å². The lowest BCUT2D eigenvalue weighted by atomic mass is 10.1. The van der Waals surface area contributed by atoms with E-state index in [1.165, 1.54) is 30.2 Å². The molecule has 2 rings (SSSR count). The van der Waals surface area contributed by atoms with Crippen molar-refractivity contribution in [3.8, 4) is 0 Å². The van der Waals surface area contributed by atoms with E-state index < -0.39 is 4.92 Å². The van der Waals surface area contributed by atoms with Gasteiger partial charge in [-0.3, -0.25) is 14.9 Å². The first-order chi connectivity index (χ1) is 10.6. The molecule has 0 spiro atoms. The van der Waals surface area contributed by atoms with Crippen molar-refractivity contribution in [2.45, 2.75) is 45.1 Å². The first kappa shape index (κ1) is 16.4. The number of carbonyl (C=O) groups is 1.